The van der Waals surface area contributed by atoms with E-state index in [-0.39, 0.29) is 36.7 Å². The van der Waals surface area contributed by atoms with Crippen LogP contribution in [0.5, 0.6) is 0 Å². The van der Waals surface area contributed by atoms with Crippen LogP contribution >= 0.6 is 0 Å². The molecule has 0 radical (unpaired) electrons. The van der Waals surface area contributed by atoms with Gasteiger partial charge in [-0.25, -0.2) is 4.98 Å². The molecule has 2 aromatic carbocycles. The predicted octanol–water partition coefficient (Wildman–Crippen LogP) is 5.31. The van der Waals surface area contributed by atoms with Crippen molar-refractivity contribution in [3.05, 3.63) is 75.8 Å². The number of carbonyl (C=O) groups is 1. The number of aromatic nitrogens is 2. The van der Waals surface area contributed by atoms with Crippen molar-refractivity contribution in [3.8, 4) is 0 Å². The number of nitrogens with zero attached hydrogens (tertiary/aromatic N) is 3. The Morgan fingerprint density at radius 2 is 1.86 bits per heavy atom. The Morgan fingerprint density at radius 3 is 2.49 bits per heavy atom. The summed E-state index contributed by atoms with van der Waals surface area (Å²) in [5.74, 6) is -0.134. The minimum atomic E-state index is -4.57. The van der Waals surface area contributed by atoms with E-state index in [0.717, 1.165) is 12.1 Å². The molecular formula is C26H30F3N3O3. The standard InChI is InChI=1S/C26H30F3N3O3/c1-5-22(23-30-21-12-7-6-11-20(21)25(34)31(23)13-14-35-4)32(16-17(2)3)24(33)18-9-8-10-19(15-18)26(27,28)29/h6-12,15,17,22H,5,13-14,16H2,1-4H3. The number of carbonyl (C=O) groups excluding carboxylic acids is 1. The predicted molar refractivity (Wildman–Crippen MR) is 128 cm³/mol. The molecule has 0 aliphatic rings. The molecule has 0 saturated heterocycles. The number of rotatable bonds is 9. The molecule has 3 rings (SSSR count). The number of amides is 1. The molecule has 1 heterocycles. The third-order valence-electron chi connectivity index (χ3n) is 5.73. The summed E-state index contributed by atoms with van der Waals surface area (Å²) in [6.07, 6.45) is -4.15. The van der Waals surface area contributed by atoms with E-state index in [1.54, 1.807) is 24.3 Å². The van der Waals surface area contributed by atoms with Gasteiger partial charge in [0, 0.05) is 19.2 Å². The van der Waals surface area contributed by atoms with Crippen LogP contribution in [-0.2, 0) is 17.5 Å². The van der Waals surface area contributed by atoms with Gasteiger partial charge in [-0.1, -0.05) is 39.0 Å². The SMILES string of the molecule is CCC(c1nc2ccccc2c(=O)n1CCOC)N(CC(C)C)C(=O)c1cccc(C(F)(F)F)c1. The first-order valence-corrected chi connectivity index (χ1v) is 11.5. The van der Waals surface area contributed by atoms with Crippen molar-refractivity contribution in [2.45, 2.75) is 46.0 Å². The fourth-order valence-electron chi connectivity index (χ4n) is 4.12. The zero-order chi connectivity index (χ0) is 25.8. The smallest absolute Gasteiger partial charge is 0.383 e. The lowest BCUT2D eigenvalue weighted by molar-refractivity contribution is -0.137. The monoisotopic (exact) mass is 489 g/mol. The second kappa shape index (κ2) is 11.0. The average molecular weight is 490 g/mol. The molecule has 1 atom stereocenters. The summed E-state index contributed by atoms with van der Waals surface area (Å²) < 4.78 is 46.6. The first-order valence-electron chi connectivity index (χ1n) is 11.5. The molecule has 0 aliphatic heterocycles. The Morgan fingerprint density at radius 1 is 1.14 bits per heavy atom. The number of ether oxygens (including phenoxy) is 1. The van der Waals surface area contributed by atoms with Crippen molar-refractivity contribution in [2.24, 2.45) is 5.92 Å². The van der Waals surface area contributed by atoms with Gasteiger partial charge in [-0.3, -0.25) is 14.2 Å². The summed E-state index contributed by atoms with van der Waals surface area (Å²) in [5, 5.41) is 0.446. The van der Waals surface area contributed by atoms with Gasteiger partial charge in [0.1, 0.15) is 5.82 Å². The van der Waals surface area contributed by atoms with Crippen molar-refractivity contribution in [2.75, 3.05) is 20.3 Å². The minimum absolute atomic E-state index is 0.0263. The Bertz CT molecular complexity index is 1240. The van der Waals surface area contributed by atoms with Gasteiger partial charge in [0.05, 0.1) is 35.7 Å². The lowest BCUT2D eigenvalue weighted by Gasteiger charge is -2.34. The summed E-state index contributed by atoms with van der Waals surface area (Å²) in [4.78, 5) is 33.3. The molecule has 1 amide bonds. The normalized spacial score (nSPS) is 12.8. The first-order chi connectivity index (χ1) is 16.6. The van der Waals surface area contributed by atoms with Crippen LogP contribution in [0.2, 0.25) is 0 Å². The number of benzene rings is 2. The van der Waals surface area contributed by atoms with E-state index < -0.39 is 23.7 Å². The molecule has 3 aromatic rings. The molecule has 0 fully saturated rings. The van der Waals surface area contributed by atoms with E-state index in [2.05, 4.69) is 0 Å². The van der Waals surface area contributed by atoms with E-state index >= 15 is 0 Å². The number of hydrogen-bond donors (Lipinski definition) is 0. The Hall–Kier alpha value is -3.20. The van der Waals surface area contributed by atoms with Gasteiger partial charge in [0.25, 0.3) is 11.5 Å². The van der Waals surface area contributed by atoms with Crippen LogP contribution in [0.4, 0.5) is 13.2 Å². The highest BCUT2D eigenvalue weighted by Crippen LogP contribution is 2.31. The topological polar surface area (TPSA) is 64.4 Å². The van der Waals surface area contributed by atoms with Crippen molar-refractivity contribution < 1.29 is 22.7 Å². The van der Waals surface area contributed by atoms with Gasteiger partial charge in [-0.2, -0.15) is 13.2 Å². The Balaban J connectivity index is 2.17. The number of halogens is 3. The van der Waals surface area contributed by atoms with Crippen molar-refractivity contribution in [1.82, 2.24) is 14.5 Å². The van der Waals surface area contributed by atoms with Crippen LogP contribution in [0.15, 0.2) is 53.3 Å². The summed E-state index contributed by atoms with van der Waals surface area (Å²) in [6, 6.07) is 10.7. The quantitative estimate of drug-likeness (QED) is 0.409. The summed E-state index contributed by atoms with van der Waals surface area (Å²) in [7, 11) is 1.53. The third kappa shape index (κ3) is 5.90. The van der Waals surface area contributed by atoms with Crippen molar-refractivity contribution in [1.29, 1.82) is 0 Å². The Kier molecular flexibility index (Phi) is 8.32. The van der Waals surface area contributed by atoms with Crippen LogP contribution in [0.3, 0.4) is 0 Å². The Labute approximate surface area is 202 Å². The van der Waals surface area contributed by atoms with Crippen LogP contribution in [0.1, 0.15) is 55.0 Å². The van der Waals surface area contributed by atoms with Crippen LogP contribution in [0, 0.1) is 5.92 Å². The highest BCUT2D eigenvalue weighted by molar-refractivity contribution is 5.94. The molecule has 188 valence electrons. The van der Waals surface area contributed by atoms with Crippen molar-refractivity contribution >= 4 is 16.8 Å². The summed E-state index contributed by atoms with van der Waals surface area (Å²) in [6.45, 7) is 6.47. The molecule has 6 nitrogen and oxygen atoms in total. The van der Waals surface area contributed by atoms with Gasteiger partial charge in [0.2, 0.25) is 0 Å². The maximum Gasteiger partial charge on any atom is 0.416 e. The van der Waals surface area contributed by atoms with E-state index in [9.17, 15) is 22.8 Å². The van der Waals surface area contributed by atoms with Crippen LogP contribution < -0.4 is 5.56 Å². The average Bonchev–Trinajstić information content (AvgIpc) is 2.82. The molecular weight excluding hydrogens is 459 g/mol. The van der Waals surface area contributed by atoms with Gasteiger partial charge in [-0.15, -0.1) is 0 Å². The second-order valence-corrected chi connectivity index (χ2v) is 8.79. The van der Waals surface area contributed by atoms with Gasteiger partial charge in [0.15, 0.2) is 0 Å². The first kappa shape index (κ1) is 26.4. The molecule has 0 N–H and O–H groups in total. The maximum absolute atomic E-state index is 13.6. The largest absolute Gasteiger partial charge is 0.416 e. The van der Waals surface area contributed by atoms with E-state index in [0.29, 0.717) is 23.1 Å². The fraction of sp³-hybridized carbons (Fsp3) is 0.423. The number of para-hydroxylation sites is 1. The molecule has 1 aromatic heterocycles. The summed E-state index contributed by atoms with van der Waals surface area (Å²) >= 11 is 0. The number of alkyl halides is 3. The van der Waals surface area contributed by atoms with E-state index in [1.165, 1.54) is 28.7 Å². The third-order valence-corrected chi connectivity index (χ3v) is 5.73. The molecule has 0 saturated carbocycles. The zero-order valence-corrected chi connectivity index (χ0v) is 20.3. The van der Waals surface area contributed by atoms with Gasteiger partial charge < -0.3 is 9.64 Å². The molecule has 35 heavy (non-hydrogen) atoms. The van der Waals surface area contributed by atoms with Gasteiger partial charge in [-0.05, 0) is 42.7 Å². The molecule has 0 aliphatic carbocycles. The van der Waals surface area contributed by atoms with E-state index in [4.69, 9.17) is 9.72 Å². The number of fused-ring (bicyclic) bond motifs is 1. The highest BCUT2D eigenvalue weighted by atomic mass is 19.4. The number of methoxy groups -OCH3 is 1. The lowest BCUT2D eigenvalue weighted by Crippen LogP contribution is -2.41. The molecule has 9 heteroatoms. The molecule has 0 bridgehead atoms. The van der Waals surface area contributed by atoms with Crippen LogP contribution in [0.25, 0.3) is 10.9 Å². The molecule has 0 spiro atoms. The van der Waals surface area contributed by atoms with Crippen molar-refractivity contribution in [3.63, 3.8) is 0 Å². The molecule has 1 unspecified atom stereocenters. The highest BCUT2D eigenvalue weighted by Gasteiger charge is 2.33. The van der Waals surface area contributed by atoms with E-state index in [1.807, 2.05) is 20.8 Å². The maximum atomic E-state index is 13.6. The van der Waals surface area contributed by atoms with Crippen LogP contribution in [-0.4, -0.2) is 40.6 Å². The van der Waals surface area contributed by atoms with Gasteiger partial charge >= 0.3 is 6.18 Å². The minimum Gasteiger partial charge on any atom is -0.383 e. The second-order valence-electron chi connectivity index (χ2n) is 8.79. The number of hydrogen-bond acceptors (Lipinski definition) is 4. The zero-order valence-electron chi connectivity index (χ0n) is 20.3. The summed E-state index contributed by atoms with van der Waals surface area (Å²) in [5.41, 5.74) is -0.708. The fourth-order valence-corrected chi connectivity index (χ4v) is 4.12. The lowest BCUT2D eigenvalue weighted by atomic mass is 10.0.